The van der Waals surface area contributed by atoms with E-state index in [1.807, 2.05) is 0 Å². The van der Waals surface area contributed by atoms with Crippen LogP contribution in [0.1, 0.15) is 46.7 Å². The molecule has 0 unspecified atom stereocenters. The van der Waals surface area contributed by atoms with Crippen LogP contribution < -0.4 is 5.32 Å². The molecular weight excluding hydrogens is 434 g/mol. The minimum atomic E-state index is -4.74. The number of oxazole rings is 1. The SMILES string of the molecule is Cn1nc(C(F)(F)F)cc1C(=O)N[C@@H]1CCCn2nc(-c3cnc(C(F)(F)F)o3)cc21. The predicted octanol–water partition coefficient (Wildman–Crippen LogP) is 3.57. The van der Waals surface area contributed by atoms with Crippen LogP contribution in [-0.2, 0) is 25.9 Å². The van der Waals surface area contributed by atoms with Crippen LogP contribution in [-0.4, -0.2) is 30.5 Å². The fourth-order valence-corrected chi connectivity index (χ4v) is 3.32. The molecule has 1 amide bonds. The lowest BCUT2D eigenvalue weighted by atomic mass is 10.0. The molecule has 0 saturated carbocycles. The van der Waals surface area contributed by atoms with Crippen LogP contribution in [0.15, 0.2) is 22.7 Å². The smallest absolute Gasteiger partial charge is 0.431 e. The number of carbonyl (C=O) groups is 1. The van der Waals surface area contributed by atoms with Crippen molar-refractivity contribution < 1.29 is 35.6 Å². The number of fused-ring (bicyclic) bond motifs is 1. The van der Waals surface area contributed by atoms with Gasteiger partial charge in [-0.2, -0.15) is 36.5 Å². The van der Waals surface area contributed by atoms with E-state index in [0.29, 0.717) is 31.1 Å². The molecule has 14 heteroatoms. The Morgan fingerprint density at radius 3 is 2.52 bits per heavy atom. The third-order valence-electron chi connectivity index (χ3n) is 4.74. The van der Waals surface area contributed by atoms with Gasteiger partial charge in [0.1, 0.15) is 11.4 Å². The number of nitrogens with one attached hydrogen (secondary N) is 1. The average Bonchev–Trinajstić information content (AvgIpc) is 3.38. The number of carbonyl (C=O) groups excluding carboxylic acids is 1. The van der Waals surface area contributed by atoms with Gasteiger partial charge in [-0.25, -0.2) is 4.98 Å². The molecule has 0 aliphatic carbocycles. The van der Waals surface area contributed by atoms with Crippen molar-refractivity contribution in [3.8, 4) is 11.5 Å². The van der Waals surface area contributed by atoms with E-state index in [4.69, 9.17) is 4.42 Å². The van der Waals surface area contributed by atoms with Crippen molar-refractivity contribution in [1.82, 2.24) is 29.9 Å². The first-order valence-electron chi connectivity index (χ1n) is 8.96. The summed E-state index contributed by atoms with van der Waals surface area (Å²) in [4.78, 5) is 15.7. The van der Waals surface area contributed by atoms with Gasteiger partial charge >= 0.3 is 18.2 Å². The Balaban J connectivity index is 1.57. The fraction of sp³-hybridized carbons (Fsp3) is 0.412. The summed E-state index contributed by atoms with van der Waals surface area (Å²) in [6, 6.07) is 1.49. The molecule has 166 valence electrons. The molecule has 1 N–H and O–H groups in total. The lowest BCUT2D eigenvalue weighted by Gasteiger charge is -2.24. The number of amides is 1. The third kappa shape index (κ3) is 4.01. The van der Waals surface area contributed by atoms with E-state index in [1.54, 1.807) is 0 Å². The summed E-state index contributed by atoms with van der Waals surface area (Å²) < 4.78 is 83.7. The van der Waals surface area contributed by atoms with Gasteiger partial charge in [0.2, 0.25) is 0 Å². The number of aryl methyl sites for hydroxylation is 2. The highest BCUT2D eigenvalue weighted by Crippen LogP contribution is 2.34. The Hall–Kier alpha value is -3.32. The molecule has 0 fully saturated rings. The fourth-order valence-electron chi connectivity index (χ4n) is 3.32. The summed E-state index contributed by atoms with van der Waals surface area (Å²) in [6.45, 7) is 0.450. The van der Waals surface area contributed by atoms with Gasteiger partial charge in [0.05, 0.1) is 17.9 Å². The van der Waals surface area contributed by atoms with Crippen molar-refractivity contribution in [2.24, 2.45) is 7.05 Å². The molecule has 0 saturated heterocycles. The molecule has 0 bridgehead atoms. The van der Waals surface area contributed by atoms with Crippen molar-refractivity contribution in [2.75, 3.05) is 0 Å². The maximum Gasteiger partial charge on any atom is 0.468 e. The maximum atomic E-state index is 12.8. The quantitative estimate of drug-likeness (QED) is 0.619. The molecule has 3 aromatic rings. The zero-order valence-corrected chi connectivity index (χ0v) is 15.8. The first-order chi connectivity index (χ1) is 14.4. The molecule has 8 nitrogen and oxygen atoms in total. The molecule has 1 atom stereocenters. The monoisotopic (exact) mass is 448 g/mol. The predicted molar refractivity (Wildman–Crippen MR) is 90.4 cm³/mol. The topological polar surface area (TPSA) is 90.8 Å². The molecule has 0 spiro atoms. The number of hydrogen-bond acceptors (Lipinski definition) is 5. The Bertz CT molecular complexity index is 1130. The molecular formula is C17H14F6N6O2. The summed E-state index contributed by atoms with van der Waals surface area (Å²) in [5, 5.41) is 10.1. The summed E-state index contributed by atoms with van der Waals surface area (Å²) in [5.74, 6) is -2.37. The number of hydrogen-bond donors (Lipinski definition) is 1. The first-order valence-corrected chi connectivity index (χ1v) is 8.96. The molecule has 1 aliphatic rings. The summed E-state index contributed by atoms with van der Waals surface area (Å²) in [5.41, 5.74) is -0.895. The van der Waals surface area contributed by atoms with E-state index >= 15 is 0 Å². The number of nitrogens with zero attached hydrogens (tertiary/aromatic N) is 5. The van der Waals surface area contributed by atoms with Crippen molar-refractivity contribution in [3.63, 3.8) is 0 Å². The van der Waals surface area contributed by atoms with E-state index in [9.17, 15) is 31.1 Å². The molecule has 1 aliphatic heterocycles. The van der Waals surface area contributed by atoms with Gasteiger partial charge in [0.15, 0.2) is 11.5 Å². The van der Waals surface area contributed by atoms with E-state index in [2.05, 4.69) is 20.5 Å². The van der Waals surface area contributed by atoms with Gasteiger partial charge in [0, 0.05) is 19.7 Å². The van der Waals surface area contributed by atoms with Crippen LogP contribution >= 0.6 is 0 Å². The third-order valence-corrected chi connectivity index (χ3v) is 4.74. The van der Waals surface area contributed by atoms with Gasteiger partial charge in [-0.15, -0.1) is 0 Å². The largest absolute Gasteiger partial charge is 0.468 e. The Kier molecular flexibility index (Phi) is 4.81. The Morgan fingerprint density at radius 2 is 1.90 bits per heavy atom. The molecule has 31 heavy (non-hydrogen) atoms. The average molecular weight is 448 g/mol. The number of aromatic nitrogens is 5. The minimum Gasteiger partial charge on any atom is -0.431 e. The minimum absolute atomic E-state index is 0.0963. The van der Waals surface area contributed by atoms with Crippen LogP contribution in [0.5, 0.6) is 0 Å². The van der Waals surface area contributed by atoms with Gasteiger partial charge < -0.3 is 9.73 Å². The summed E-state index contributed by atoms with van der Waals surface area (Å²) >= 11 is 0. The second-order valence-corrected chi connectivity index (χ2v) is 6.91. The van der Waals surface area contributed by atoms with Gasteiger partial charge in [-0.1, -0.05) is 0 Å². The first kappa shape index (κ1) is 20.9. The lowest BCUT2D eigenvalue weighted by Crippen LogP contribution is -2.33. The maximum absolute atomic E-state index is 12.8. The summed E-state index contributed by atoms with van der Waals surface area (Å²) in [6.07, 6.45) is -7.49. The lowest BCUT2D eigenvalue weighted by molar-refractivity contribution is -0.156. The molecule has 3 aromatic heterocycles. The molecule has 0 radical (unpaired) electrons. The van der Waals surface area contributed by atoms with Crippen LogP contribution in [0.25, 0.3) is 11.5 Å². The number of alkyl halides is 6. The zero-order chi connectivity index (χ0) is 22.6. The highest BCUT2D eigenvalue weighted by Gasteiger charge is 2.38. The van der Waals surface area contributed by atoms with E-state index in [0.717, 1.165) is 10.9 Å². The molecule has 0 aromatic carbocycles. The highest BCUT2D eigenvalue weighted by molar-refractivity contribution is 5.93. The normalized spacial score (nSPS) is 16.9. The van der Waals surface area contributed by atoms with Crippen LogP contribution in [0.3, 0.4) is 0 Å². The second-order valence-electron chi connectivity index (χ2n) is 6.91. The van der Waals surface area contributed by atoms with Gasteiger partial charge in [-0.3, -0.25) is 14.2 Å². The number of halogens is 6. The van der Waals surface area contributed by atoms with Crippen molar-refractivity contribution in [1.29, 1.82) is 0 Å². The van der Waals surface area contributed by atoms with Gasteiger partial charge in [0.25, 0.3) is 5.91 Å². The van der Waals surface area contributed by atoms with Crippen LogP contribution in [0.4, 0.5) is 26.3 Å². The van der Waals surface area contributed by atoms with Crippen LogP contribution in [0.2, 0.25) is 0 Å². The van der Waals surface area contributed by atoms with Gasteiger partial charge in [-0.05, 0) is 18.9 Å². The summed E-state index contributed by atoms with van der Waals surface area (Å²) in [7, 11) is 1.22. The standard InChI is InChI=1S/C17H14F6N6O2/c1-28-11(6-13(27-28)16(18,19)20)14(30)25-8-3-2-4-29-10(8)5-9(26-29)12-7-24-15(31-12)17(21,22)23/h5-8H,2-4H2,1H3,(H,25,30)/t8-/m1/s1. The number of rotatable bonds is 3. The Morgan fingerprint density at radius 1 is 1.16 bits per heavy atom. The van der Waals surface area contributed by atoms with Crippen molar-refractivity contribution >= 4 is 5.91 Å². The van der Waals surface area contributed by atoms with E-state index < -0.39 is 35.9 Å². The molecule has 4 rings (SSSR count). The van der Waals surface area contributed by atoms with Crippen LogP contribution in [0, 0.1) is 0 Å². The molecule has 4 heterocycles. The van der Waals surface area contributed by atoms with E-state index in [1.165, 1.54) is 17.8 Å². The van der Waals surface area contributed by atoms with Crippen molar-refractivity contribution in [2.45, 2.75) is 37.8 Å². The van der Waals surface area contributed by atoms with Crippen molar-refractivity contribution in [3.05, 3.63) is 41.3 Å². The Labute approximate surface area is 169 Å². The second kappa shape index (κ2) is 7.13. The zero-order valence-electron chi connectivity index (χ0n) is 15.8. The van der Waals surface area contributed by atoms with E-state index in [-0.39, 0.29) is 17.1 Å². The highest BCUT2D eigenvalue weighted by atomic mass is 19.4.